The monoisotopic (exact) mass is 480 g/mol. The van der Waals surface area contributed by atoms with Gasteiger partial charge in [-0.25, -0.2) is 0 Å². The molecule has 3 aliphatic rings. The summed E-state index contributed by atoms with van der Waals surface area (Å²) >= 11 is 1.75. The minimum atomic E-state index is -1.05. The van der Waals surface area contributed by atoms with Crippen LogP contribution in [0.2, 0.25) is 0 Å². The number of anilines is 1. The van der Waals surface area contributed by atoms with Crippen molar-refractivity contribution in [2.45, 2.75) is 51.5 Å². The summed E-state index contributed by atoms with van der Waals surface area (Å²) in [5.41, 5.74) is 2.43. The molecule has 1 aromatic carbocycles. The maximum atomic E-state index is 11.7. The number of hydrogen-bond donors (Lipinski definition) is 1. The third-order valence-corrected chi connectivity index (χ3v) is 8.41. The first-order valence-corrected chi connectivity index (χ1v) is 12.9. The van der Waals surface area contributed by atoms with Crippen LogP contribution in [0.15, 0.2) is 18.2 Å². The molecule has 1 fully saturated rings. The number of aliphatic carboxylic acids is 1. The van der Waals surface area contributed by atoms with Crippen LogP contribution in [0, 0.1) is 0 Å². The number of ether oxygens (including phenoxy) is 2. The van der Waals surface area contributed by atoms with Gasteiger partial charge < -0.3 is 24.7 Å². The maximum Gasteiger partial charge on any atom is 0.332 e. The number of likely N-dealkylation sites (tertiary alicyclic amines) is 1. The fourth-order valence-electron chi connectivity index (χ4n) is 5.52. The van der Waals surface area contributed by atoms with E-state index in [2.05, 4.69) is 5.32 Å². The van der Waals surface area contributed by atoms with Crippen LogP contribution in [0.5, 0.6) is 11.5 Å². The minimum absolute atomic E-state index is 0.0851. The molecule has 0 amide bonds. The van der Waals surface area contributed by atoms with Crippen molar-refractivity contribution >= 4 is 39.3 Å². The van der Waals surface area contributed by atoms with E-state index in [0.29, 0.717) is 12.5 Å². The molecule has 9 heteroatoms. The Morgan fingerprint density at radius 1 is 1.06 bits per heavy atom. The normalized spacial score (nSPS) is 18.6. The zero-order chi connectivity index (χ0) is 23.1. The highest BCUT2D eigenvalue weighted by atomic mass is 32.1. The summed E-state index contributed by atoms with van der Waals surface area (Å²) < 4.78 is 11.2. The van der Waals surface area contributed by atoms with Crippen LogP contribution in [0.4, 0.5) is 11.8 Å². The standard InChI is InChI=1S/C25H28N4O4S/c30-21(31)14-29(10-4-1-5-11-29)25-27-23(22-17-6-2-3-7-20(17)34-24(22)28-25)26-13-16-8-9-18-19(12-16)33-15-32-18/h8-9,12H,1-7,10-11,13-15H2,(H-,26,27,28,30,31). The lowest BCUT2D eigenvalue weighted by molar-refractivity contribution is -0.306. The summed E-state index contributed by atoms with van der Waals surface area (Å²) in [7, 11) is 0. The van der Waals surface area contributed by atoms with E-state index in [0.717, 1.165) is 78.3 Å². The number of rotatable bonds is 6. The van der Waals surface area contributed by atoms with E-state index in [-0.39, 0.29) is 17.8 Å². The molecule has 0 atom stereocenters. The van der Waals surface area contributed by atoms with Gasteiger partial charge in [-0.2, -0.15) is 9.97 Å². The van der Waals surface area contributed by atoms with E-state index in [4.69, 9.17) is 19.4 Å². The Balaban J connectivity index is 1.42. The Hall–Kier alpha value is -2.91. The molecule has 178 valence electrons. The van der Waals surface area contributed by atoms with Crippen LogP contribution in [-0.4, -0.2) is 42.4 Å². The second-order valence-corrected chi connectivity index (χ2v) is 10.6. The average Bonchev–Trinajstić information content (AvgIpc) is 3.46. The Morgan fingerprint density at radius 3 is 2.74 bits per heavy atom. The van der Waals surface area contributed by atoms with Crippen molar-refractivity contribution in [2.24, 2.45) is 0 Å². The van der Waals surface area contributed by atoms with Crippen molar-refractivity contribution in [2.75, 3.05) is 31.7 Å². The molecule has 34 heavy (non-hydrogen) atoms. The fraction of sp³-hybridized carbons (Fsp3) is 0.480. The van der Waals surface area contributed by atoms with Crippen LogP contribution >= 0.6 is 11.3 Å². The number of benzene rings is 1. The van der Waals surface area contributed by atoms with Crippen molar-refractivity contribution < 1.29 is 19.4 Å². The van der Waals surface area contributed by atoms with Crippen LogP contribution < -0.4 is 24.4 Å². The van der Waals surface area contributed by atoms with Crippen LogP contribution in [0.25, 0.3) is 10.2 Å². The van der Waals surface area contributed by atoms with E-state index >= 15 is 0 Å². The summed E-state index contributed by atoms with van der Waals surface area (Å²) in [5.74, 6) is 1.88. The number of carbonyl (C=O) groups is 1. The van der Waals surface area contributed by atoms with Crippen molar-refractivity contribution in [3.63, 3.8) is 0 Å². The first-order valence-electron chi connectivity index (χ1n) is 12.1. The smallest absolute Gasteiger partial charge is 0.332 e. The van der Waals surface area contributed by atoms with Crippen molar-refractivity contribution in [3.05, 3.63) is 34.2 Å². The second-order valence-electron chi connectivity index (χ2n) is 9.49. The molecule has 1 N–H and O–H groups in total. The van der Waals surface area contributed by atoms with E-state index < -0.39 is 5.97 Å². The third-order valence-electron chi connectivity index (χ3n) is 7.23. The van der Waals surface area contributed by atoms with Gasteiger partial charge in [-0.05, 0) is 68.2 Å². The molecule has 2 aromatic heterocycles. The SMILES string of the molecule is O=C([O-])C[N+]1(c2nc(NCc3ccc4c(c3)OCO4)c3c4c(sc3n2)CCCC4)CCCCC1. The number of nitrogens with zero attached hydrogens (tertiary/aromatic N) is 3. The molecular formula is C25H28N4O4S. The summed E-state index contributed by atoms with van der Waals surface area (Å²) in [6.07, 6.45) is 7.53. The number of hydrogen-bond acceptors (Lipinski definition) is 8. The molecule has 2 aliphatic heterocycles. The van der Waals surface area contributed by atoms with Crippen LogP contribution in [0.3, 0.4) is 0 Å². The van der Waals surface area contributed by atoms with Gasteiger partial charge >= 0.3 is 5.95 Å². The molecule has 4 heterocycles. The predicted molar refractivity (Wildman–Crippen MR) is 129 cm³/mol. The summed E-state index contributed by atoms with van der Waals surface area (Å²) in [6, 6.07) is 5.95. The number of carboxylic acids is 1. The lowest BCUT2D eigenvalue weighted by Crippen LogP contribution is -2.58. The van der Waals surface area contributed by atoms with Gasteiger partial charge in [0.25, 0.3) is 0 Å². The van der Waals surface area contributed by atoms with Crippen molar-refractivity contribution in [1.82, 2.24) is 14.5 Å². The first kappa shape index (κ1) is 21.6. The minimum Gasteiger partial charge on any atom is -0.544 e. The largest absolute Gasteiger partial charge is 0.544 e. The molecule has 0 saturated carbocycles. The van der Waals surface area contributed by atoms with Crippen molar-refractivity contribution in [1.29, 1.82) is 0 Å². The number of aromatic nitrogens is 2. The zero-order valence-corrected chi connectivity index (χ0v) is 19.9. The lowest BCUT2D eigenvalue weighted by Gasteiger charge is -2.39. The van der Waals surface area contributed by atoms with Crippen LogP contribution in [-0.2, 0) is 24.2 Å². The average molecular weight is 481 g/mol. The summed E-state index contributed by atoms with van der Waals surface area (Å²) in [6.45, 7) is 2.20. The van der Waals surface area contributed by atoms with E-state index in [1.807, 2.05) is 18.2 Å². The molecule has 1 aliphatic carbocycles. The van der Waals surface area contributed by atoms with Gasteiger partial charge in [-0.3, -0.25) is 4.48 Å². The molecule has 3 aromatic rings. The quantitative estimate of drug-likeness (QED) is 0.542. The van der Waals surface area contributed by atoms with Gasteiger partial charge in [0.05, 0.1) is 24.4 Å². The van der Waals surface area contributed by atoms with Gasteiger partial charge in [-0.15, -0.1) is 11.3 Å². The molecule has 1 saturated heterocycles. The van der Waals surface area contributed by atoms with Crippen molar-refractivity contribution in [3.8, 4) is 11.5 Å². The topological polar surface area (TPSA) is 96.4 Å². The lowest BCUT2D eigenvalue weighted by atomic mass is 9.97. The Kier molecular flexibility index (Phi) is 5.53. The highest BCUT2D eigenvalue weighted by Crippen LogP contribution is 2.41. The number of fused-ring (bicyclic) bond motifs is 4. The fourth-order valence-corrected chi connectivity index (χ4v) is 6.77. The van der Waals surface area contributed by atoms with Crippen LogP contribution in [0.1, 0.15) is 48.1 Å². The summed E-state index contributed by atoms with van der Waals surface area (Å²) in [5, 5.41) is 16.4. The summed E-state index contributed by atoms with van der Waals surface area (Å²) in [4.78, 5) is 24.1. The van der Waals surface area contributed by atoms with E-state index in [9.17, 15) is 9.90 Å². The van der Waals surface area contributed by atoms with E-state index in [1.54, 1.807) is 11.3 Å². The van der Waals surface area contributed by atoms with Gasteiger partial charge in [0.2, 0.25) is 6.79 Å². The Morgan fingerprint density at radius 2 is 1.88 bits per heavy atom. The zero-order valence-electron chi connectivity index (χ0n) is 19.1. The highest BCUT2D eigenvalue weighted by molar-refractivity contribution is 7.19. The number of thiophene rings is 1. The molecule has 0 radical (unpaired) electrons. The molecule has 8 nitrogen and oxygen atoms in total. The predicted octanol–water partition coefficient (Wildman–Crippen LogP) is 3.15. The number of carbonyl (C=O) groups excluding carboxylic acids is 1. The molecular weight excluding hydrogens is 452 g/mol. The highest BCUT2D eigenvalue weighted by Gasteiger charge is 2.37. The molecule has 0 bridgehead atoms. The molecule has 0 unspecified atom stereocenters. The second kappa shape index (κ2) is 8.70. The Bertz CT molecular complexity index is 1250. The number of nitrogens with one attached hydrogen (secondary N) is 1. The van der Waals surface area contributed by atoms with Gasteiger partial charge in [0.15, 0.2) is 11.5 Å². The van der Waals surface area contributed by atoms with E-state index in [1.165, 1.54) is 23.3 Å². The number of piperidine rings is 1. The third kappa shape index (κ3) is 3.86. The number of carboxylic acid groups (broad SMARTS) is 1. The molecule has 6 rings (SSSR count). The van der Waals surface area contributed by atoms with Gasteiger partial charge in [-0.1, -0.05) is 6.07 Å². The number of quaternary nitrogens is 1. The maximum absolute atomic E-state index is 11.7. The van der Waals surface area contributed by atoms with Gasteiger partial charge in [0.1, 0.15) is 17.2 Å². The van der Waals surface area contributed by atoms with Gasteiger partial charge in [0, 0.05) is 11.4 Å². The Labute approximate surface area is 202 Å². The first-order chi connectivity index (χ1) is 16.6. The number of aryl methyl sites for hydroxylation is 2. The molecule has 0 spiro atoms.